The van der Waals surface area contributed by atoms with Crippen LogP contribution in [0.5, 0.6) is 0 Å². The van der Waals surface area contributed by atoms with Gasteiger partial charge in [-0.25, -0.2) is 15.2 Å². The van der Waals surface area contributed by atoms with Crippen molar-refractivity contribution in [3.63, 3.8) is 0 Å². The standard InChI is InChI=1S/C19H12IN5O3/c20-15-8-11(6-7-13(15)18(27)28)10-22-25-19-23-16(12-4-2-1-3-5-12)14(9-21)17(26)24-19/h1-8,10H,(H,27,28)(H2,23,24,25,26). The Kier molecular flexibility index (Phi) is 5.81. The van der Waals surface area contributed by atoms with Gasteiger partial charge >= 0.3 is 5.97 Å². The van der Waals surface area contributed by atoms with Crippen LogP contribution in [0.3, 0.4) is 0 Å². The topological polar surface area (TPSA) is 131 Å². The van der Waals surface area contributed by atoms with E-state index in [0.717, 1.165) is 0 Å². The number of carbonyl (C=O) groups is 1. The third-order valence-electron chi connectivity index (χ3n) is 3.69. The minimum atomic E-state index is -1.00. The van der Waals surface area contributed by atoms with Crippen LogP contribution in [-0.4, -0.2) is 27.3 Å². The molecule has 0 aliphatic rings. The Morgan fingerprint density at radius 1 is 1.29 bits per heavy atom. The Balaban J connectivity index is 1.87. The minimum Gasteiger partial charge on any atom is -0.478 e. The van der Waals surface area contributed by atoms with Crippen LogP contribution < -0.4 is 11.0 Å². The van der Waals surface area contributed by atoms with Crippen LogP contribution in [0.2, 0.25) is 0 Å². The van der Waals surface area contributed by atoms with Crippen molar-refractivity contribution >= 4 is 40.7 Å². The monoisotopic (exact) mass is 485 g/mol. The molecule has 0 bridgehead atoms. The van der Waals surface area contributed by atoms with Crippen LogP contribution >= 0.6 is 22.6 Å². The number of hydrazone groups is 1. The molecule has 0 unspecified atom stereocenters. The van der Waals surface area contributed by atoms with Crippen molar-refractivity contribution in [2.75, 3.05) is 5.43 Å². The normalized spacial score (nSPS) is 10.6. The Labute approximate surface area is 172 Å². The van der Waals surface area contributed by atoms with Gasteiger partial charge < -0.3 is 5.11 Å². The summed E-state index contributed by atoms with van der Waals surface area (Å²) in [5, 5.41) is 22.3. The number of anilines is 1. The molecule has 0 amide bonds. The first-order valence-electron chi connectivity index (χ1n) is 7.91. The number of nitriles is 1. The lowest BCUT2D eigenvalue weighted by molar-refractivity contribution is 0.0695. The molecule has 1 heterocycles. The Morgan fingerprint density at radius 3 is 2.68 bits per heavy atom. The summed E-state index contributed by atoms with van der Waals surface area (Å²) in [5.41, 5.74) is 3.73. The maximum absolute atomic E-state index is 12.2. The van der Waals surface area contributed by atoms with Crippen LogP contribution in [0.25, 0.3) is 11.3 Å². The van der Waals surface area contributed by atoms with Crippen molar-refractivity contribution in [2.45, 2.75) is 0 Å². The fourth-order valence-electron chi connectivity index (χ4n) is 2.39. The first-order chi connectivity index (χ1) is 13.5. The molecule has 0 atom stereocenters. The summed E-state index contributed by atoms with van der Waals surface area (Å²) in [4.78, 5) is 30.0. The molecule has 0 aliphatic heterocycles. The van der Waals surface area contributed by atoms with E-state index < -0.39 is 11.5 Å². The third kappa shape index (κ3) is 4.24. The van der Waals surface area contributed by atoms with E-state index in [1.54, 1.807) is 36.4 Å². The number of aromatic nitrogens is 2. The predicted molar refractivity (Wildman–Crippen MR) is 112 cm³/mol. The van der Waals surface area contributed by atoms with Crippen molar-refractivity contribution in [3.05, 3.63) is 79.1 Å². The van der Waals surface area contributed by atoms with Crippen LogP contribution in [-0.2, 0) is 0 Å². The lowest BCUT2D eigenvalue weighted by Gasteiger charge is -2.06. The number of rotatable bonds is 5. The van der Waals surface area contributed by atoms with Crippen LogP contribution in [0, 0.1) is 14.9 Å². The summed E-state index contributed by atoms with van der Waals surface area (Å²) in [6.45, 7) is 0. The highest BCUT2D eigenvalue weighted by atomic mass is 127. The average Bonchev–Trinajstić information content (AvgIpc) is 2.68. The molecule has 28 heavy (non-hydrogen) atoms. The number of aromatic carboxylic acids is 1. The van der Waals surface area contributed by atoms with Crippen molar-refractivity contribution in [3.8, 4) is 17.3 Å². The van der Waals surface area contributed by atoms with E-state index in [4.69, 9.17) is 5.11 Å². The minimum absolute atomic E-state index is 0.0796. The summed E-state index contributed by atoms with van der Waals surface area (Å²) in [6.07, 6.45) is 1.47. The molecule has 3 N–H and O–H groups in total. The first kappa shape index (κ1) is 19.2. The van der Waals surface area contributed by atoms with Gasteiger partial charge in [-0.3, -0.25) is 9.78 Å². The number of aromatic amines is 1. The molecule has 0 saturated carbocycles. The molecule has 1 aromatic heterocycles. The van der Waals surface area contributed by atoms with Gasteiger partial charge in [-0.05, 0) is 40.3 Å². The van der Waals surface area contributed by atoms with Crippen molar-refractivity contribution < 1.29 is 9.90 Å². The summed E-state index contributed by atoms with van der Waals surface area (Å²) in [7, 11) is 0. The predicted octanol–water partition coefficient (Wildman–Crippen LogP) is 3.06. The van der Waals surface area contributed by atoms with Gasteiger partial charge in [-0.1, -0.05) is 36.4 Å². The third-order valence-corrected chi connectivity index (χ3v) is 4.58. The van der Waals surface area contributed by atoms with Gasteiger partial charge in [0.15, 0.2) is 0 Å². The zero-order chi connectivity index (χ0) is 20.1. The largest absolute Gasteiger partial charge is 0.478 e. The molecule has 0 radical (unpaired) electrons. The summed E-state index contributed by atoms with van der Waals surface area (Å²) in [5.74, 6) is -0.922. The number of carboxylic acids is 1. The fourth-order valence-corrected chi connectivity index (χ4v) is 3.16. The first-order valence-corrected chi connectivity index (χ1v) is 8.99. The SMILES string of the molecule is N#Cc1c(-c2ccccc2)nc(NN=Cc2ccc(C(=O)O)c(I)c2)[nH]c1=O. The maximum atomic E-state index is 12.2. The number of H-pyrrole nitrogens is 1. The maximum Gasteiger partial charge on any atom is 0.336 e. The summed E-state index contributed by atoms with van der Waals surface area (Å²) < 4.78 is 0.574. The molecular formula is C19H12IN5O3. The van der Waals surface area contributed by atoms with E-state index in [2.05, 4.69) is 20.5 Å². The number of nitrogens with one attached hydrogen (secondary N) is 2. The van der Waals surface area contributed by atoms with E-state index in [-0.39, 0.29) is 22.8 Å². The Morgan fingerprint density at radius 2 is 2.04 bits per heavy atom. The molecule has 0 saturated heterocycles. The van der Waals surface area contributed by atoms with E-state index in [1.165, 1.54) is 12.3 Å². The number of carboxylic acid groups (broad SMARTS) is 1. The molecule has 0 spiro atoms. The van der Waals surface area contributed by atoms with Crippen LogP contribution in [0.15, 0.2) is 58.4 Å². The Bertz CT molecular complexity index is 1170. The molecule has 138 valence electrons. The molecule has 0 fully saturated rings. The quantitative estimate of drug-likeness (QED) is 0.289. The van der Waals surface area contributed by atoms with E-state index in [9.17, 15) is 14.9 Å². The second kappa shape index (κ2) is 8.45. The van der Waals surface area contributed by atoms with Crippen molar-refractivity contribution in [2.24, 2.45) is 5.10 Å². The molecule has 3 rings (SSSR count). The highest BCUT2D eigenvalue weighted by Gasteiger charge is 2.13. The molecule has 3 aromatic rings. The van der Waals surface area contributed by atoms with Crippen LogP contribution in [0.1, 0.15) is 21.5 Å². The smallest absolute Gasteiger partial charge is 0.336 e. The van der Waals surface area contributed by atoms with Gasteiger partial charge in [0.2, 0.25) is 5.95 Å². The van der Waals surface area contributed by atoms with Crippen LogP contribution in [0.4, 0.5) is 5.95 Å². The number of hydrogen-bond acceptors (Lipinski definition) is 6. The zero-order valence-electron chi connectivity index (χ0n) is 14.2. The van der Waals surface area contributed by atoms with Gasteiger partial charge in [-0.2, -0.15) is 10.4 Å². The van der Waals surface area contributed by atoms with Crippen molar-refractivity contribution in [1.82, 2.24) is 9.97 Å². The van der Waals surface area contributed by atoms with Gasteiger partial charge in [0.05, 0.1) is 17.5 Å². The molecule has 0 aliphatic carbocycles. The van der Waals surface area contributed by atoms with Gasteiger partial charge in [-0.15, -0.1) is 0 Å². The Hall–Kier alpha value is -3.52. The van der Waals surface area contributed by atoms with Gasteiger partial charge in [0.25, 0.3) is 5.56 Å². The number of hydrogen-bond donors (Lipinski definition) is 3. The molecular weight excluding hydrogens is 473 g/mol. The van der Waals surface area contributed by atoms with Gasteiger partial charge in [0, 0.05) is 9.13 Å². The molecule has 9 heteroatoms. The van der Waals surface area contributed by atoms with E-state index in [1.807, 2.05) is 34.7 Å². The van der Waals surface area contributed by atoms with Gasteiger partial charge in [0.1, 0.15) is 11.6 Å². The van der Waals surface area contributed by atoms with E-state index in [0.29, 0.717) is 14.7 Å². The zero-order valence-corrected chi connectivity index (χ0v) is 16.3. The average molecular weight is 485 g/mol. The second-order valence-electron chi connectivity index (χ2n) is 5.53. The molecule has 2 aromatic carbocycles. The lowest BCUT2D eigenvalue weighted by atomic mass is 10.1. The summed E-state index contributed by atoms with van der Waals surface area (Å²) >= 11 is 1.93. The molecule has 8 nitrogen and oxygen atoms in total. The van der Waals surface area contributed by atoms with Crippen molar-refractivity contribution in [1.29, 1.82) is 5.26 Å². The highest BCUT2D eigenvalue weighted by Crippen LogP contribution is 2.19. The lowest BCUT2D eigenvalue weighted by Crippen LogP contribution is -2.16. The summed E-state index contributed by atoms with van der Waals surface area (Å²) in [6, 6.07) is 15.5. The van der Waals surface area contributed by atoms with E-state index >= 15 is 0 Å². The number of benzene rings is 2. The fraction of sp³-hybridized carbons (Fsp3) is 0. The number of nitrogens with zero attached hydrogens (tertiary/aromatic N) is 3. The highest BCUT2D eigenvalue weighted by molar-refractivity contribution is 14.1. The second-order valence-corrected chi connectivity index (χ2v) is 6.69. The number of halogens is 1.